The molecule has 0 bridgehead atoms. The smallest absolute Gasteiger partial charge is 0.308 e. The van der Waals surface area contributed by atoms with E-state index >= 15 is 0 Å². The van der Waals surface area contributed by atoms with Gasteiger partial charge in [0.05, 0.1) is 35.1 Å². The van der Waals surface area contributed by atoms with E-state index in [1.807, 2.05) is 41.4 Å². The summed E-state index contributed by atoms with van der Waals surface area (Å²) in [6.45, 7) is 1.29. The number of ketones is 1. The molecule has 3 aliphatic rings. The largest absolute Gasteiger partial charge is 0.496 e. The van der Waals surface area contributed by atoms with Gasteiger partial charge in [-0.05, 0) is 75.6 Å². The molecule has 2 saturated heterocycles. The number of anilines is 1. The Labute approximate surface area is 232 Å². The third-order valence-corrected chi connectivity index (χ3v) is 8.14. The lowest BCUT2D eigenvalue weighted by Gasteiger charge is -2.35. The first-order chi connectivity index (χ1) is 18.8. The number of esters is 1. The van der Waals surface area contributed by atoms with Crippen molar-refractivity contribution in [2.24, 2.45) is 11.8 Å². The predicted octanol–water partition coefficient (Wildman–Crippen LogP) is 4.78. The van der Waals surface area contributed by atoms with E-state index in [0.29, 0.717) is 27.2 Å². The molecule has 8 nitrogen and oxygen atoms in total. The van der Waals surface area contributed by atoms with Gasteiger partial charge in [0, 0.05) is 18.7 Å². The summed E-state index contributed by atoms with van der Waals surface area (Å²) in [5.41, 5.74) is 2.61. The van der Waals surface area contributed by atoms with Crippen molar-refractivity contribution in [3.8, 4) is 11.5 Å². The maximum atomic E-state index is 14.1. The van der Waals surface area contributed by atoms with Gasteiger partial charge in [0.15, 0.2) is 5.78 Å². The summed E-state index contributed by atoms with van der Waals surface area (Å²) in [6.07, 6.45) is 3.74. The molecule has 3 aromatic rings. The van der Waals surface area contributed by atoms with Crippen molar-refractivity contribution in [2.45, 2.75) is 19.0 Å². The number of carbonyl (C=O) groups excluding carboxylic acids is 4. The number of hydrogen-bond donors (Lipinski definition) is 0. The predicted molar refractivity (Wildman–Crippen MR) is 146 cm³/mol. The van der Waals surface area contributed by atoms with Crippen molar-refractivity contribution in [1.82, 2.24) is 4.90 Å². The first kappa shape index (κ1) is 25.1. The van der Waals surface area contributed by atoms with Crippen LogP contribution in [0.1, 0.15) is 34.5 Å². The van der Waals surface area contributed by atoms with Crippen molar-refractivity contribution in [3.05, 3.63) is 94.1 Å². The lowest BCUT2D eigenvalue weighted by Crippen LogP contribution is -2.44. The standard InChI is InChI=1S/C30H23BrN2O6/c1-16(34)39-20-10-8-19(9-11-20)33-29(36)24-25(30(33)37)27(28(35)18-7-12-23(38-2)22(31)15-18)32-14-13-17-5-3-4-6-21(17)26(24)32/h3-15,24-27H,1-2H3/t24-,25+,26-,27-/m0/s1. The van der Waals surface area contributed by atoms with Crippen LogP contribution in [0.25, 0.3) is 6.08 Å². The van der Waals surface area contributed by atoms with Crippen molar-refractivity contribution < 1.29 is 28.7 Å². The highest BCUT2D eigenvalue weighted by Crippen LogP contribution is 2.53. The fourth-order valence-electron chi connectivity index (χ4n) is 5.93. The van der Waals surface area contributed by atoms with Crippen LogP contribution in [0.4, 0.5) is 5.69 Å². The maximum absolute atomic E-state index is 14.1. The topological polar surface area (TPSA) is 93.2 Å². The van der Waals surface area contributed by atoms with E-state index in [-0.39, 0.29) is 11.7 Å². The molecule has 0 radical (unpaired) electrons. The molecule has 0 unspecified atom stereocenters. The van der Waals surface area contributed by atoms with Gasteiger partial charge >= 0.3 is 5.97 Å². The number of methoxy groups -OCH3 is 1. The highest BCUT2D eigenvalue weighted by Gasteiger charge is 2.64. The molecular weight excluding hydrogens is 564 g/mol. The molecule has 6 rings (SSSR count). The number of benzene rings is 3. The van der Waals surface area contributed by atoms with Gasteiger partial charge in [-0.15, -0.1) is 0 Å². The molecule has 3 aromatic carbocycles. The monoisotopic (exact) mass is 586 g/mol. The number of hydrogen-bond acceptors (Lipinski definition) is 7. The number of ether oxygens (including phenoxy) is 2. The van der Waals surface area contributed by atoms with Gasteiger partial charge in [0.2, 0.25) is 11.8 Å². The lowest BCUT2D eigenvalue weighted by atomic mass is 9.83. The molecule has 3 aliphatic heterocycles. The van der Waals surface area contributed by atoms with Gasteiger partial charge < -0.3 is 14.4 Å². The van der Waals surface area contributed by atoms with Crippen LogP contribution in [-0.2, 0) is 14.4 Å². The third-order valence-electron chi connectivity index (χ3n) is 7.52. The summed E-state index contributed by atoms with van der Waals surface area (Å²) in [5.74, 6) is -2.29. The average Bonchev–Trinajstić information content (AvgIpc) is 3.40. The van der Waals surface area contributed by atoms with E-state index < -0.39 is 35.8 Å². The Bertz CT molecular complexity index is 1570. The number of rotatable bonds is 5. The van der Waals surface area contributed by atoms with Crippen LogP contribution >= 0.6 is 15.9 Å². The Kier molecular flexibility index (Phi) is 6.10. The van der Waals surface area contributed by atoms with E-state index in [4.69, 9.17) is 9.47 Å². The zero-order chi connectivity index (χ0) is 27.4. The van der Waals surface area contributed by atoms with Crippen molar-refractivity contribution >= 4 is 51.3 Å². The second-order valence-corrected chi connectivity index (χ2v) is 10.5. The normalized spacial score (nSPS) is 22.8. The van der Waals surface area contributed by atoms with Gasteiger partial charge in [0.25, 0.3) is 0 Å². The van der Waals surface area contributed by atoms with E-state index in [0.717, 1.165) is 16.0 Å². The molecule has 4 atom stereocenters. The van der Waals surface area contributed by atoms with Crippen LogP contribution in [0.3, 0.4) is 0 Å². The van der Waals surface area contributed by atoms with Crippen molar-refractivity contribution in [3.63, 3.8) is 0 Å². The van der Waals surface area contributed by atoms with Crippen molar-refractivity contribution in [1.29, 1.82) is 0 Å². The first-order valence-electron chi connectivity index (χ1n) is 12.4. The van der Waals surface area contributed by atoms with Crippen LogP contribution in [0, 0.1) is 11.8 Å². The molecule has 0 spiro atoms. The van der Waals surface area contributed by atoms with E-state index in [1.165, 1.54) is 19.1 Å². The number of halogens is 1. The number of carbonyl (C=O) groups is 4. The molecule has 0 aliphatic carbocycles. The molecule has 39 heavy (non-hydrogen) atoms. The van der Waals surface area contributed by atoms with Gasteiger partial charge in [-0.2, -0.15) is 0 Å². The minimum Gasteiger partial charge on any atom is -0.496 e. The Morgan fingerprint density at radius 3 is 2.33 bits per heavy atom. The zero-order valence-electron chi connectivity index (χ0n) is 21.0. The number of amides is 2. The summed E-state index contributed by atoms with van der Waals surface area (Å²) in [7, 11) is 1.54. The number of fused-ring (bicyclic) bond motifs is 5. The van der Waals surface area contributed by atoms with Gasteiger partial charge in [-0.1, -0.05) is 24.3 Å². The quantitative estimate of drug-likeness (QED) is 0.184. The summed E-state index contributed by atoms with van der Waals surface area (Å²) >= 11 is 3.45. The van der Waals surface area contributed by atoms with Crippen LogP contribution in [-0.4, -0.2) is 41.6 Å². The third kappa shape index (κ3) is 3.96. The number of Topliss-reactive ketones (excluding diaryl/α,β-unsaturated/α-hetero) is 1. The first-order valence-corrected chi connectivity index (χ1v) is 13.2. The SMILES string of the molecule is COc1ccc(C(=O)[C@@H]2[C@@H]3C(=O)N(c4ccc(OC(C)=O)cc4)C(=O)[C@@H]3[C@@H]3c4ccccc4C=CN23)cc1Br. The number of nitrogens with zero attached hydrogens (tertiary/aromatic N) is 2. The van der Waals surface area contributed by atoms with Crippen LogP contribution in [0.15, 0.2) is 77.4 Å². The van der Waals surface area contributed by atoms with Gasteiger partial charge in [-0.3, -0.25) is 19.2 Å². The minimum atomic E-state index is -0.889. The van der Waals surface area contributed by atoms with E-state index in [1.54, 1.807) is 37.4 Å². The summed E-state index contributed by atoms with van der Waals surface area (Å²) in [5, 5.41) is 0. The molecule has 0 saturated carbocycles. The van der Waals surface area contributed by atoms with Crippen LogP contribution in [0.2, 0.25) is 0 Å². The van der Waals surface area contributed by atoms with E-state index in [9.17, 15) is 19.2 Å². The summed E-state index contributed by atoms with van der Waals surface area (Å²) < 4.78 is 11.0. The fourth-order valence-corrected chi connectivity index (χ4v) is 6.47. The Balaban J connectivity index is 1.44. The molecular formula is C30H23BrN2O6. The lowest BCUT2D eigenvalue weighted by molar-refractivity contribution is -0.132. The van der Waals surface area contributed by atoms with Crippen LogP contribution < -0.4 is 14.4 Å². The molecule has 2 fully saturated rings. The summed E-state index contributed by atoms with van der Waals surface area (Å²) in [4.78, 5) is 56.4. The van der Waals surface area contributed by atoms with Gasteiger partial charge in [0.1, 0.15) is 17.5 Å². The van der Waals surface area contributed by atoms with Crippen molar-refractivity contribution in [2.75, 3.05) is 12.0 Å². The molecule has 9 heteroatoms. The average molecular weight is 587 g/mol. The molecule has 3 heterocycles. The molecule has 0 aromatic heterocycles. The second kappa shape index (κ2) is 9.50. The Hall–Kier alpha value is -4.24. The molecule has 0 N–H and O–H groups in total. The molecule has 2 amide bonds. The Morgan fingerprint density at radius 1 is 0.923 bits per heavy atom. The fraction of sp³-hybridized carbons (Fsp3) is 0.200. The zero-order valence-corrected chi connectivity index (χ0v) is 22.6. The van der Waals surface area contributed by atoms with Crippen LogP contribution in [0.5, 0.6) is 11.5 Å². The molecule has 196 valence electrons. The highest BCUT2D eigenvalue weighted by molar-refractivity contribution is 9.10. The Morgan fingerprint density at radius 2 is 1.64 bits per heavy atom. The summed E-state index contributed by atoms with van der Waals surface area (Å²) in [6, 6.07) is 17.6. The maximum Gasteiger partial charge on any atom is 0.308 e. The van der Waals surface area contributed by atoms with Gasteiger partial charge in [-0.25, -0.2) is 4.90 Å². The highest BCUT2D eigenvalue weighted by atomic mass is 79.9. The second-order valence-electron chi connectivity index (χ2n) is 9.65. The number of imide groups is 1. The van der Waals surface area contributed by atoms with E-state index in [2.05, 4.69) is 15.9 Å². The minimum absolute atomic E-state index is 0.256.